The van der Waals surface area contributed by atoms with Gasteiger partial charge in [0, 0.05) is 12.8 Å². The van der Waals surface area contributed by atoms with Gasteiger partial charge in [-0.3, -0.25) is 9.59 Å². The monoisotopic (exact) mass is 1060 g/mol. The third-order valence-electron chi connectivity index (χ3n) is 16.3. The summed E-state index contributed by atoms with van der Waals surface area (Å²) in [6, 6.07) is -0.546. The lowest BCUT2D eigenvalue weighted by atomic mass is 10.0. The standard InChI is InChI=1S/C69H135NO5/c1-3-5-7-9-11-13-15-17-19-20-21-27-30-34-37-41-45-49-53-57-61-67(72)66(65-71)70-68(73)62-58-54-50-46-42-38-35-31-28-25-23-22-24-26-29-32-36-40-44-48-52-56-60-64-75-69(74)63-59-55-51-47-43-39-33-18-16-14-12-10-8-6-4-2/h25,28,66-67,71-72H,3-24,26-27,29-65H2,1-2H3,(H,70,73)/b28-25-. The highest BCUT2D eigenvalue weighted by Crippen LogP contribution is 2.19. The van der Waals surface area contributed by atoms with Gasteiger partial charge >= 0.3 is 5.97 Å². The van der Waals surface area contributed by atoms with Crippen molar-refractivity contribution in [2.24, 2.45) is 0 Å². The number of amides is 1. The van der Waals surface area contributed by atoms with Gasteiger partial charge in [0.25, 0.3) is 0 Å². The van der Waals surface area contributed by atoms with Gasteiger partial charge in [-0.1, -0.05) is 341 Å². The topological polar surface area (TPSA) is 95.9 Å². The lowest BCUT2D eigenvalue weighted by Crippen LogP contribution is -2.45. The highest BCUT2D eigenvalue weighted by molar-refractivity contribution is 5.76. The van der Waals surface area contributed by atoms with Crippen LogP contribution in [0.5, 0.6) is 0 Å². The fourth-order valence-corrected chi connectivity index (χ4v) is 11.1. The SMILES string of the molecule is CCCCCCCCCCCCCCCCCCCCCCC(O)C(CO)NC(=O)CCCCCCCCC/C=C\CCCCCCCCCCCCCCOC(=O)CCCCCCCCCCCCCCCCC. The third kappa shape index (κ3) is 61.7. The van der Waals surface area contributed by atoms with Crippen LogP contribution in [0, 0.1) is 0 Å². The van der Waals surface area contributed by atoms with Crippen LogP contribution >= 0.6 is 0 Å². The fourth-order valence-electron chi connectivity index (χ4n) is 11.1. The van der Waals surface area contributed by atoms with Gasteiger partial charge in [0.05, 0.1) is 25.4 Å². The molecule has 2 unspecified atom stereocenters. The lowest BCUT2D eigenvalue weighted by Gasteiger charge is -2.22. The largest absolute Gasteiger partial charge is 0.466 e. The second kappa shape index (κ2) is 65.1. The van der Waals surface area contributed by atoms with Crippen molar-refractivity contribution in [2.45, 2.75) is 405 Å². The summed E-state index contributed by atoms with van der Waals surface area (Å²) in [6.45, 7) is 4.99. The molecule has 1 amide bonds. The van der Waals surface area contributed by atoms with E-state index in [0.29, 0.717) is 25.9 Å². The van der Waals surface area contributed by atoms with E-state index in [-0.39, 0.29) is 18.5 Å². The van der Waals surface area contributed by atoms with Gasteiger partial charge in [-0.25, -0.2) is 0 Å². The van der Waals surface area contributed by atoms with E-state index in [4.69, 9.17) is 4.74 Å². The molecule has 0 aromatic rings. The van der Waals surface area contributed by atoms with E-state index >= 15 is 0 Å². The van der Waals surface area contributed by atoms with Crippen LogP contribution in [0.15, 0.2) is 12.2 Å². The van der Waals surface area contributed by atoms with E-state index in [0.717, 1.165) is 38.5 Å². The average Bonchev–Trinajstić information content (AvgIpc) is 3.41. The van der Waals surface area contributed by atoms with E-state index in [9.17, 15) is 19.8 Å². The predicted octanol–water partition coefficient (Wildman–Crippen LogP) is 22.0. The number of hydrogen-bond donors (Lipinski definition) is 3. The minimum atomic E-state index is -0.668. The van der Waals surface area contributed by atoms with E-state index in [1.54, 1.807) is 0 Å². The summed E-state index contributed by atoms with van der Waals surface area (Å²) in [7, 11) is 0. The van der Waals surface area contributed by atoms with E-state index in [1.807, 2.05) is 0 Å². The van der Waals surface area contributed by atoms with Gasteiger partial charge in [-0.05, 0) is 51.4 Å². The number of unbranched alkanes of at least 4 members (excludes halogenated alkanes) is 52. The van der Waals surface area contributed by atoms with Crippen LogP contribution in [0.4, 0.5) is 0 Å². The Morgan fingerprint density at radius 3 is 0.947 bits per heavy atom. The molecule has 0 saturated heterocycles. The van der Waals surface area contributed by atoms with Crippen LogP contribution in [0.3, 0.4) is 0 Å². The van der Waals surface area contributed by atoms with Crippen molar-refractivity contribution in [3.63, 3.8) is 0 Å². The number of carbonyl (C=O) groups is 2. The molecule has 6 nitrogen and oxygen atoms in total. The van der Waals surface area contributed by atoms with Gasteiger partial charge in [0.1, 0.15) is 0 Å². The molecule has 446 valence electrons. The smallest absolute Gasteiger partial charge is 0.305 e. The summed E-state index contributed by atoms with van der Waals surface area (Å²) in [4.78, 5) is 24.6. The highest BCUT2D eigenvalue weighted by Gasteiger charge is 2.20. The van der Waals surface area contributed by atoms with Crippen LogP contribution in [-0.4, -0.2) is 47.4 Å². The molecule has 0 bridgehead atoms. The third-order valence-corrected chi connectivity index (χ3v) is 16.3. The number of ether oxygens (including phenoxy) is 1. The van der Waals surface area contributed by atoms with Gasteiger partial charge in [0.15, 0.2) is 0 Å². The van der Waals surface area contributed by atoms with Crippen molar-refractivity contribution in [3.8, 4) is 0 Å². The quantitative estimate of drug-likeness (QED) is 0.0320. The summed E-state index contributed by atoms with van der Waals surface area (Å²) in [5.74, 6) is -0.0213. The molecule has 0 fully saturated rings. The van der Waals surface area contributed by atoms with Crippen molar-refractivity contribution in [1.82, 2.24) is 5.32 Å². The Hall–Kier alpha value is -1.40. The molecule has 2 atom stereocenters. The van der Waals surface area contributed by atoms with Crippen molar-refractivity contribution < 1.29 is 24.5 Å². The minimum absolute atomic E-state index is 0.0155. The lowest BCUT2D eigenvalue weighted by molar-refractivity contribution is -0.143. The van der Waals surface area contributed by atoms with E-state index in [1.165, 1.54) is 321 Å². The van der Waals surface area contributed by atoms with Crippen LogP contribution in [0.1, 0.15) is 393 Å². The predicted molar refractivity (Wildman–Crippen MR) is 329 cm³/mol. The van der Waals surface area contributed by atoms with Crippen LogP contribution < -0.4 is 5.32 Å². The fraction of sp³-hybridized carbons (Fsp3) is 0.942. The van der Waals surface area contributed by atoms with Gasteiger partial charge < -0.3 is 20.3 Å². The zero-order valence-electron chi connectivity index (χ0n) is 51.1. The van der Waals surface area contributed by atoms with E-state index in [2.05, 4.69) is 31.3 Å². The molecule has 0 aliphatic carbocycles. The van der Waals surface area contributed by atoms with E-state index < -0.39 is 12.1 Å². The number of carbonyl (C=O) groups excluding carboxylic acids is 2. The van der Waals surface area contributed by atoms with Crippen LogP contribution in [-0.2, 0) is 14.3 Å². The first-order valence-corrected chi connectivity index (χ1v) is 34.4. The molecule has 0 aliphatic rings. The van der Waals surface area contributed by atoms with Gasteiger partial charge in [-0.2, -0.15) is 0 Å². The molecule has 75 heavy (non-hydrogen) atoms. The zero-order chi connectivity index (χ0) is 54.3. The summed E-state index contributed by atoms with van der Waals surface area (Å²) in [5.41, 5.74) is 0. The normalized spacial score (nSPS) is 12.5. The molecule has 3 N–H and O–H groups in total. The molecule has 0 rings (SSSR count). The second-order valence-electron chi connectivity index (χ2n) is 23.9. The number of aliphatic hydroxyl groups is 2. The molecule has 0 aliphatic heterocycles. The first-order valence-electron chi connectivity index (χ1n) is 34.4. The Morgan fingerprint density at radius 1 is 0.360 bits per heavy atom. The molecular weight excluding hydrogens is 923 g/mol. The van der Waals surface area contributed by atoms with Gasteiger partial charge in [-0.15, -0.1) is 0 Å². The Labute approximate surface area is 469 Å². The summed E-state index contributed by atoms with van der Waals surface area (Å²) >= 11 is 0. The van der Waals surface area contributed by atoms with Crippen molar-refractivity contribution in [3.05, 3.63) is 12.2 Å². The van der Waals surface area contributed by atoms with Crippen molar-refractivity contribution >= 4 is 11.9 Å². The Morgan fingerprint density at radius 2 is 0.627 bits per heavy atom. The maximum atomic E-state index is 12.5. The first-order chi connectivity index (χ1) is 37.0. The molecule has 0 saturated carbocycles. The second-order valence-corrected chi connectivity index (χ2v) is 23.9. The molecule has 6 heteroatoms. The van der Waals surface area contributed by atoms with Crippen molar-refractivity contribution in [2.75, 3.05) is 13.2 Å². The molecule has 0 spiro atoms. The zero-order valence-corrected chi connectivity index (χ0v) is 51.1. The molecule has 0 aromatic carbocycles. The van der Waals surface area contributed by atoms with Crippen molar-refractivity contribution in [1.29, 1.82) is 0 Å². The first kappa shape index (κ1) is 73.6. The van der Waals surface area contributed by atoms with Crippen LogP contribution in [0.2, 0.25) is 0 Å². The van der Waals surface area contributed by atoms with Crippen LogP contribution in [0.25, 0.3) is 0 Å². The maximum Gasteiger partial charge on any atom is 0.305 e. The maximum absolute atomic E-state index is 12.5. The number of allylic oxidation sites excluding steroid dienone is 2. The molecule has 0 aromatic heterocycles. The number of esters is 1. The Balaban J connectivity index is 3.40. The molecular formula is C69H135NO5. The number of nitrogens with one attached hydrogen (secondary N) is 1. The number of hydrogen-bond acceptors (Lipinski definition) is 5. The number of rotatable bonds is 65. The minimum Gasteiger partial charge on any atom is -0.466 e. The Kier molecular flexibility index (Phi) is 63.9. The molecule has 0 radical (unpaired) electrons. The average molecular weight is 1060 g/mol. The highest BCUT2D eigenvalue weighted by atomic mass is 16.5. The van der Waals surface area contributed by atoms with Gasteiger partial charge in [0.2, 0.25) is 5.91 Å². The molecule has 0 heterocycles. The summed E-state index contributed by atoms with van der Waals surface area (Å²) in [6.07, 6.45) is 79.6. The summed E-state index contributed by atoms with van der Waals surface area (Å²) in [5, 5.41) is 23.4. The number of aliphatic hydroxyl groups excluding tert-OH is 2. The Bertz CT molecular complexity index is 1130. The summed E-state index contributed by atoms with van der Waals surface area (Å²) < 4.78 is 5.49.